The number of aromatic nitrogens is 2. The van der Waals surface area contributed by atoms with Gasteiger partial charge in [-0.05, 0) is 49.1 Å². The molecule has 6 nitrogen and oxygen atoms in total. The zero-order valence-corrected chi connectivity index (χ0v) is 14.5. The second kappa shape index (κ2) is 6.74. The molecule has 0 aliphatic carbocycles. The van der Waals surface area contributed by atoms with E-state index in [0.717, 1.165) is 45.7 Å². The number of nitrogen functional groups attached to an aromatic ring is 1. The lowest BCUT2D eigenvalue weighted by molar-refractivity contribution is -0.0794. The molecular formula is C20H20N4O2. The van der Waals surface area contributed by atoms with Crippen LogP contribution in [-0.4, -0.2) is 21.5 Å². The van der Waals surface area contributed by atoms with Crippen LogP contribution in [0.15, 0.2) is 54.7 Å². The topological polar surface area (TPSA) is 84.5 Å². The molecule has 2 aromatic carbocycles. The van der Waals surface area contributed by atoms with Crippen molar-refractivity contribution in [2.75, 3.05) is 11.0 Å². The molecule has 0 saturated heterocycles. The van der Waals surface area contributed by atoms with E-state index in [1.165, 1.54) is 0 Å². The molecule has 26 heavy (non-hydrogen) atoms. The highest BCUT2D eigenvalue weighted by molar-refractivity contribution is 5.94. The van der Waals surface area contributed by atoms with Gasteiger partial charge < -0.3 is 5.73 Å². The van der Waals surface area contributed by atoms with Gasteiger partial charge in [0.2, 0.25) is 0 Å². The molecule has 0 fully saturated rings. The molecule has 0 radical (unpaired) electrons. The molecule has 132 valence electrons. The summed E-state index contributed by atoms with van der Waals surface area (Å²) < 4.78 is 0. The Morgan fingerprint density at radius 3 is 2.96 bits per heavy atom. The molecular weight excluding hydrogens is 328 g/mol. The Labute approximate surface area is 151 Å². The van der Waals surface area contributed by atoms with Crippen molar-refractivity contribution in [2.24, 2.45) is 0 Å². The molecule has 0 amide bonds. The van der Waals surface area contributed by atoms with Gasteiger partial charge in [-0.1, -0.05) is 30.3 Å². The lowest BCUT2D eigenvalue weighted by Gasteiger charge is -2.22. The number of benzene rings is 2. The summed E-state index contributed by atoms with van der Waals surface area (Å²) in [5.41, 5.74) is 10.8. The molecule has 1 atom stereocenters. The minimum Gasteiger partial charge on any atom is -0.397 e. The highest BCUT2D eigenvalue weighted by Gasteiger charge is 2.19. The van der Waals surface area contributed by atoms with Gasteiger partial charge >= 0.3 is 0 Å². The van der Waals surface area contributed by atoms with Gasteiger partial charge in [0.15, 0.2) is 0 Å². The largest absolute Gasteiger partial charge is 0.397 e. The normalized spacial score (nSPS) is 17.8. The Bertz CT molecular complexity index is 986. The highest BCUT2D eigenvalue weighted by atomic mass is 16.9. The molecule has 6 heteroatoms. The van der Waals surface area contributed by atoms with Crippen molar-refractivity contribution in [3.63, 3.8) is 0 Å². The third-order valence-electron chi connectivity index (χ3n) is 4.58. The van der Waals surface area contributed by atoms with Crippen LogP contribution >= 0.6 is 0 Å². The first-order valence-electron chi connectivity index (χ1n) is 8.60. The van der Waals surface area contributed by atoms with E-state index in [9.17, 15) is 5.21 Å². The lowest BCUT2D eigenvalue weighted by atomic mass is 9.94. The molecule has 1 aromatic heterocycles. The lowest BCUT2D eigenvalue weighted by Crippen LogP contribution is -2.25. The Kier molecular flexibility index (Phi) is 4.28. The fraction of sp³-hybridized carbons (Fsp3) is 0.200. The van der Waals surface area contributed by atoms with Crippen LogP contribution in [0.2, 0.25) is 0 Å². The number of hydrogen-bond acceptors (Lipinski definition) is 6. The Hall–Kier alpha value is -2.96. The maximum atomic E-state index is 10.4. The van der Waals surface area contributed by atoms with Crippen LogP contribution in [0, 0.1) is 0 Å². The van der Waals surface area contributed by atoms with Crippen LogP contribution in [0.1, 0.15) is 30.9 Å². The van der Waals surface area contributed by atoms with Crippen LogP contribution < -0.4 is 11.0 Å². The predicted molar refractivity (Wildman–Crippen MR) is 102 cm³/mol. The number of fused-ring (bicyclic) bond motifs is 2. The molecule has 0 saturated carbocycles. The van der Waals surface area contributed by atoms with Gasteiger partial charge in [-0.2, -0.15) is 10.2 Å². The number of nitrogens with two attached hydrogens (primary N) is 1. The van der Waals surface area contributed by atoms with Crippen molar-refractivity contribution in [3.05, 3.63) is 65.9 Å². The zero-order valence-electron chi connectivity index (χ0n) is 14.5. The first-order valence-corrected chi connectivity index (χ1v) is 8.60. The number of rotatable bonds is 1. The fourth-order valence-electron chi connectivity index (χ4n) is 3.24. The van der Waals surface area contributed by atoms with E-state index in [1.54, 1.807) is 6.20 Å². The smallest absolute Gasteiger partial charge is 0.102 e. The van der Waals surface area contributed by atoms with E-state index < -0.39 is 0 Å². The third kappa shape index (κ3) is 3.00. The van der Waals surface area contributed by atoms with Crippen LogP contribution in [0.4, 0.5) is 11.4 Å². The molecule has 1 aliphatic rings. The van der Waals surface area contributed by atoms with E-state index in [1.807, 2.05) is 49.4 Å². The van der Waals surface area contributed by atoms with Gasteiger partial charge in [0.1, 0.15) is 5.69 Å². The van der Waals surface area contributed by atoms with Gasteiger partial charge in [-0.15, -0.1) is 5.23 Å². The van der Waals surface area contributed by atoms with Crippen molar-refractivity contribution >= 4 is 27.9 Å². The predicted octanol–water partition coefficient (Wildman–Crippen LogP) is 3.95. The SMILES string of the molecule is C[C@@H]1CCC=C(c2ccc3c(N)cnnc3c2)c2ccccc2N(O)O1. The molecule has 4 rings (SSSR count). The third-order valence-corrected chi connectivity index (χ3v) is 4.58. The number of anilines is 2. The summed E-state index contributed by atoms with van der Waals surface area (Å²) in [6.45, 7) is 1.94. The van der Waals surface area contributed by atoms with Crippen molar-refractivity contribution in [1.82, 2.24) is 10.2 Å². The fourth-order valence-corrected chi connectivity index (χ4v) is 3.24. The average Bonchev–Trinajstić information content (AvgIpc) is 2.70. The van der Waals surface area contributed by atoms with Gasteiger partial charge in [0.05, 0.1) is 23.5 Å². The standard InChI is InChI=1S/C20H20N4O2/c1-13-5-4-7-15(16-6-2-3-8-20(16)24(25)26-13)14-9-10-17-18(21)12-22-23-19(17)11-14/h2-3,6-13,25H,4-5H2,1H3,(H2,21,23)/t13-/m1/s1. The number of para-hydroxylation sites is 1. The van der Waals surface area contributed by atoms with Crippen LogP contribution in [0.3, 0.4) is 0 Å². The molecule has 3 N–H and O–H groups in total. The van der Waals surface area contributed by atoms with E-state index >= 15 is 0 Å². The van der Waals surface area contributed by atoms with Gasteiger partial charge in [0, 0.05) is 10.9 Å². The second-order valence-corrected chi connectivity index (χ2v) is 6.43. The van der Waals surface area contributed by atoms with Crippen LogP contribution in [0.5, 0.6) is 0 Å². The van der Waals surface area contributed by atoms with Crippen LogP contribution in [0.25, 0.3) is 16.5 Å². The monoisotopic (exact) mass is 348 g/mol. The molecule has 1 aliphatic heterocycles. The van der Waals surface area contributed by atoms with E-state index in [-0.39, 0.29) is 6.10 Å². The van der Waals surface area contributed by atoms with E-state index in [4.69, 9.17) is 10.6 Å². The summed E-state index contributed by atoms with van der Waals surface area (Å²) >= 11 is 0. The van der Waals surface area contributed by atoms with Crippen molar-refractivity contribution in [2.45, 2.75) is 25.9 Å². The Morgan fingerprint density at radius 1 is 1.23 bits per heavy atom. The quantitative estimate of drug-likeness (QED) is 0.692. The zero-order chi connectivity index (χ0) is 18.1. The van der Waals surface area contributed by atoms with Crippen molar-refractivity contribution in [3.8, 4) is 0 Å². The molecule has 3 aromatic rings. The van der Waals surface area contributed by atoms with Crippen LogP contribution in [-0.2, 0) is 4.84 Å². The Balaban J connectivity index is 1.89. The van der Waals surface area contributed by atoms with Gasteiger partial charge in [-0.3, -0.25) is 5.21 Å². The maximum Gasteiger partial charge on any atom is 0.102 e. The molecule has 0 spiro atoms. The molecule has 0 bridgehead atoms. The first kappa shape index (κ1) is 16.5. The van der Waals surface area contributed by atoms with Crippen molar-refractivity contribution < 1.29 is 10.0 Å². The summed E-state index contributed by atoms with van der Waals surface area (Å²) in [6, 6.07) is 13.6. The van der Waals surface area contributed by atoms with E-state index in [0.29, 0.717) is 11.4 Å². The second-order valence-electron chi connectivity index (χ2n) is 6.43. The van der Waals surface area contributed by atoms with Gasteiger partial charge in [-0.25, -0.2) is 4.84 Å². The molecule has 2 heterocycles. The molecule has 0 unspecified atom stereocenters. The van der Waals surface area contributed by atoms with Gasteiger partial charge in [0.25, 0.3) is 0 Å². The number of allylic oxidation sites excluding steroid dienone is 1. The van der Waals surface area contributed by atoms with Crippen molar-refractivity contribution in [1.29, 1.82) is 0 Å². The minimum atomic E-state index is -0.0917. The summed E-state index contributed by atoms with van der Waals surface area (Å²) in [4.78, 5) is 5.58. The highest BCUT2D eigenvalue weighted by Crippen LogP contribution is 2.35. The maximum absolute atomic E-state index is 10.4. The van der Waals surface area contributed by atoms with E-state index in [2.05, 4.69) is 16.3 Å². The summed E-state index contributed by atoms with van der Waals surface area (Å²) in [7, 11) is 0. The Morgan fingerprint density at radius 2 is 2.08 bits per heavy atom. The summed E-state index contributed by atoms with van der Waals surface area (Å²) in [6.07, 6.45) is 5.28. The average molecular weight is 348 g/mol. The summed E-state index contributed by atoms with van der Waals surface area (Å²) in [5, 5.41) is 20.3. The summed E-state index contributed by atoms with van der Waals surface area (Å²) in [5.74, 6) is 0. The minimum absolute atomic E-state index is 0.0917. The number of nitrogens with zero attached hydrogens (tertiary/aromatic N) is 3. The first-order chi connectivity index (χ1) is 12.6. The number of hydrogen-bond donors (Lipinski definition) is 2.